The Morgan fingerprint density at radius 2 is 2.08 bits per heavy atom. The first-order chi connectivity index (χ1) is 5.87. The summed E-state index contributed by atoms with van der Waals surface area (Å²) >= 11 is 5.70. The van der Waals surface area contributed by atoms with Crippen molar-refractivity contribution in [3.63, 3.8) is 0 Å². The maximum absolute atomic E-state index is 12.3. The molecule has 13 heavy (non-hydrogen) atoms. The molecule has 0 N–H and O–H groups in total. The summed E-state index contributed by atoms with van der Waals surface area (Å²) in [5.41, 5.74) is 0. The Labute approximate surface area is 79.5 Å². The van der Waals surface area contributed by atoms with E-state index in [0.717, 1.165) is 0 Å². The average Bonchev–Trinajstić information content (AvgIpc) is 2.03. The van der Waals surface area contributed by atoms with Crippen LogP contribution < -0.4 is 0 Å². The molecule has 0 aliphatic heterocycles. The van der Waals surface area contributed by atoms with E-state index in [9.17, 15) is 13.2 Å². The van der Waals surface area contributed by atoms with Crippen LogP contribution in [0.15, 0.2) is 0 Å². The van der Waals surface area contributed by atoms with E-state index < -0.39 is 17.0 Å². The van der Waals surface area contributed by atoms with E-state index in [1.165, 1.54) is 0 Å². The minimum Gasteiger partial charge on any atom is -0.196 e. The number of nitrogens with zero attached hydrogens (tertiary/aromatic N) is 1. The minimum absolute atomic E-state index is 0.0969. The smallest absolute Gasteiger partial charge is 0.196 e. The van der Waals surface area contributed by atoms with Crippen molar-refractivity contribution in [2.45, 2.75) is 36.7 Å². The molecule has 1 aliphatic rings. The van der Waals surface area contributed by atoms with E-state index in [0.29, 0.717) is 12.8 Å². The summed E-state index contributed by atoms with van der Waals surface area (Å²) in [7, 11) is 0. The Bertz CT molecular complexity index is 233. The molecule has 0 amide bonds. The third kappa shape index (κ3) is 2.50. The predicted molar refractivity (Wildman–Crippen MR) is 42.2 cm³/mol. The van der Waals surface area contributed by atoms with Crippen molar-refractivity contribution in [3.05, 3.63) is 0 Å². The average molecular weight is 212 g/mol. The summed E-state index contributed by atoms with van der Waals surface area (Å²) in [5.74, 6) is -1.40. The van der Waals surface area contributed by atoms with Gasteiger partial charge in [0.05, 0.1) is 12.0 Å². The molecule has 1 aliphatic carbocycles. The van der Waals surface area contributed by atoms with Crippen LogP contribution >= 0.6 is 11.6 Å². The lowest BCUT2D eigenvalue weighted by molar-refractivity contribution is -0.183. The van der Waals surface area contributed by atoms with Crippen LogP contribution in [0.4, 0.5) is 13.2 Å². The van der Waals surface area contributed by atoms with Crippen LogP contribution in [0.2, 0.25) is 0 Å². The lowest BCUT2D eigenvalue weighted by Crippen LogP contribution is -2.35. The van der Waals surface area contributed by atoms with Gasteiger partial charge in [-0.1, -0.05) is 6.42 Å². The number of hydrogen-bond donors (Lipinski definition) is 0. The number of nitriles is 1. The summed E-state index contributed by atoms with van der Waals surface area (Å²) in [4.78, 5) is -1.29. The zero-order chi connectivity index (χ0) is 10.1. The van der Waals surface area contributed by atoms with Crippen LogP contribution in [0.25, 0.3) is 0 Å². The van der Waals surface area contributed by atoms with Gasteiger partial charge in [-0.3, -0.25) is 0 Å². The quantitative estimate of drug-likeness (QED) is 0.565. The van der Waals surface area contributed by atoms with E-state index in [1.807, 2.05) is 0 Å². The molecule has 74 valence electrons. The maximum Gasteiger partial charge on any atom is 0.391 e. The third-order valence-corrected chi connectivity index (χ3v) is 2.79. The molecule has 2 atom stereocenters. The zero-order valence-corrected chi connectivity index (χ0v) is 7.62. The van der Waals surface area contributed by atoms with Crippen LogP contribution in [-0.4, -0.2) is 11.1 Å². The number of hydrogen-bond acceptors (Lipinski definition) is 1. The van der Waals surface area contributed by atoms with E-state index in [2.05, 4.69) is 0 Å². The molecule has 0 aromatic rings. The molecule has 0 bridgehead atoms. The molecule has 1 saturated carbocycles. The Balaban J connectivity index is 2.69. The van der Waals surface area contributed by atoms with Crippen molar-refractivity contribution in [3.8, 4) is 6.07 Å². The first-order valence-corrected chi connectivity index (χ1v) is 4.42. The first kappa shape index (κ1) is 10.6. The lowest BCUT2D eigenvalue weighted by atomic mass is 9.81. The van der Waals surface area contributed by atoms with E-state index >= 15 is 0 Å². The largest absolute Gasteiger partial charge is 0.391 e. The van der Waals surface area contributed by atoms with E-state index in [-0.39, 0.29) is 12.8 Å². The number of alkyl halides is 4. The standard InChI is InChI=1S/C8H9ClF3N/c9-7(5-13)3-1-2-6(4-7)8(10,11)12/h6H,1-4H2. The maximum atomic E-state index is 12.3. The van der Waals surface area contributed by atoms with Gasteiger partial charge in [0.15, 0.2) is 0 Å². The zero-order valence-electron chi connectivity index (χ0n) is 6.86. The SMILES string of the molecule is N#CC1(Cl)CCCC(C(F)(F)F)C1. The van der Waals surface area contributed by atoms with Crippen LogP contribution in [-0.2, 0) is 0 Å². The van der Waals surface area contributed by atoms with Gasteiger partial charge in [0.25, 0.3) is 0 Å². The second-order valence-electron chi connectivity index (χ2n) is 3.41. The van der Waals surface area contributed by atoms with Crippen molar-refractivity contribution in [2.75, 3.05) is 0 Å². The molecule has 0 aromatic carbocycles. The Kier molecular flexibility index (Phi) is 2.76. The molecule has 2 unspecified atom stereocenters. The molecule has 1 rings (SSSR count). The summed E-state index contributed by atoms with van der Waals surface area (Å²) in [6, 6.07) is 1.75. The summed E-state index contributed by atoms with van der Waals surface area (Å²) in [6.07, 6.45) is -3.65. The predicted octanol–water partition coefficient (Wildman–Crippen LogP) is 3.24. The number of rotatable bonds is 0. The fourth-order valence-corrected chi connectivity index (χ4v) is 1.92. The second-order valence-corrected chi connectivity index (χ2v) is 4.14. The van der Waals surface area contributed by atoms with Crippen molar-refractivity contribution in [2.24, 2.45) is 5.92 Å². The van der Waals surface area contributed by atoms with Gasteiger partial charge in [-0.05, 0) is 19.3 Å². The van der Waals surface area contributed by atoms with E-state index in [4.69, 9.17) is 16.9 Å². The summed E-state index contributed by atoms with van der Waals surface area (Å²) < 4.78 is 36.8. The number of halogens is 4. The van der Waals surface area contributed by atoms with Gasteiger partial charge >= 0.3 is 6.18 Å². The van der Waals surface area contributed by atoms with Crippen molar-refractivity contribution < 1.29 is 13.2 Å². The third-order valence-electron chi connectivity index (χ3n) is 2.36. The summed E-state index contributed by atoms with van der Waals surface area (Å²) in [5, 5.41) is 8.58. The fourth-order valence-electron chi connectivity index (χ4n) is 1.60. The van der Waals surface area contributed by atoms with Gasteiger partial charge < -0.3 is 0 Å². The van der Waals surface area contributed by atoms with Gasteiger partial charge in [-0.2, -0.15) is 18.4 Å². The lowest BCUT2D eigenvalue weighted by Gasteiger charge is -2.31. The van der Waals surface area contributed by atoms with Gasteiger partial charge in [-0.25, -0.2) is 0 Å². The first-order valence-electron chi connectivity index (χ1n) is 4.04. The molecule has 5 heteroatoms. The molecule has 0 radical (unpaired) electrons. The van der Waals surface area contributed by atoms with Crippen LogP contribution in [0.5, 0.6) is 0 Å². The van der Waals surface area contributed by atoms with Gasteiger partial charge in [-0.15, -0.1) is 11.6 Å². The van der Waals surface area contributed by atoms with Crippen LogP contribution in [0, 0.1) is 17.2 Å². The molecule has 0 saturated heterocycles. The molecular weight excluding hydrogens is 203 g/mol. The fraction of sp³-hybridized carbons (Fsp3) is 0.875. The molecule has 1 fully saturated rings. The van der Waals surface area contributed by atoms with Crippen LogP contribution in [0.3, 0.4) is 0 Å². The Morgan fingerprint density at radius 1 is 1.46 bits per heavy atom. The van der Waals surface area contributed by atoms with Crippen molar-refractivity contribution in [1.29, 1.82) is 5.26 Å². The van der Waals surface area contributed by atoms with Crippen LogP contribution in [0.1, 0.15) is 25.7 Å². The van der Waals surface area contributed by atoms with Gasteiger partial charge in [0.2, 0.25) is 0 Å². The highest BCUT2D eigenvalue weighted by molar-refractivity contribution is 6.25. The molecular formula is C8H9ClF3N. The summed E-state index contributed by atoms with van der Waals surface area (Å²) in [6.45, 7) is 0. The molecule has 0 spiro atoms. The normalized spacial score (nSPS) is 35.5. The minimum atomic E-state index is -4.21. The highest BCUT2D eigenvalue weighted by Gasteiger charge is 2.47. The van der Waals surface area contributed by atoms with Crippen molar-refractivity contribution >= 4 is 11.6 Å². The van der Waals surface area contributed by atoms with Gasteiger partial charge in [0.1, 0.15) is 4.87 Å². The monoisotopic (exact) mass is 211 g/mol. The highest BCUT2D eigenvalue weighted by Crippen LogP contribution is 2.44. The van der Waals surface area contributed by atoms with E-state index in [1.54, 1.807) is 6.07 Å². The van der Waals surface area contributed by atoms with Gasteiger partial charge in [0, 0.05) is 0 Å². The van der Waals surface area contributed by atoms with Crippen molar-refractivity contribution in [1.82, 2.24) is 0 Å². The Morgan fingerprint density at radius 3 is 2.54 bits per heavy atom. The molecule has 0 heterocycles. The Hall–Kier alpha value is -0.430. The molecule has 1 nitrogen and oxygen atoms in total. The second kappa shape index (κ2) is 3.38. The topological polar surface area (TPSA) is 23.8 Å². The molecule has 0 aromatic heterocycles. The highest BCUT2D eigenvalue weighted by atomic mass is 35.5.